The Morgan fingerprint density at radius 1 is 1.29 bits per heavy atom. The van der Waals surface area contributed by atoms with Gasteiger partial charge in [0.05, 0.1) is 24.4 Å². The van der Waals surface area contributed by atoms with Gasteiger partial charge in [-0.2, -0.15) is 18.0 Å². The molecular weight excluding hydrogens is 446 g/mol. The Balaban J connectivity index is 1.64. The van der Waals surface area contributed by atoms with Crippen molar-refractivity contribution in [2.24, 2.45) is 11.1 Å². The van der Waals surface area contributed by atoms with Crippen LogP contribution in [0.2, 0.25) is 5.15 Å². The van der Waals surface area contributed by atoms with Crippen molar-refractivity contribution in [3.63, 3.8) is 0 Å². The number of rotatable bonds is 6. The van der Waals surface area contributed by atoms with Crippen molar-refractivity contribution >= 4 is 33.4 Å². The van der Waals surface area contributed by atoms with Gasteiger partial charge in [-0.25, -0.2) is 10.1 Å². The Hall–Kier alpha value is -2.28. The lowest BCUT2D eigenvalue weighted by atomic mass is 10.1. The summed E-state index contributed by atoms with van der Waals surface area (Å²) >= 11 is 6.32. The van der Waals surface area contributed by atoms with Gasteiger partial charge in [0, 0.05) is 23.1 Å². The van der Waals surface area contributed by atoms with Gasteiger partial charge in [0.15, 0.2) is 5.65 Å². The first kappa shape index (κ1) is 21.9. The molecule has 0 aliphatic heterocycles. The second-order valence-corrected chi connectivity index (χ2v) is 9.13. The van der Waals surface area contributed by atoms with Crippen LogP contribution in [0.3, 0.4) is 0 Å². The minimum absolute atomic E-state index is 0.242. The van der Waals surface area contributed by atoms with Crippen molar-refractivity contribution in [2.45, 2.75) is 31.6 Å². The van der Waals surface area contributed by atoms with E-state index in [0.29, 0.717) is 22.7 Å². The molecule has 0 unspecified atom stereocenters. The van der Waals surface area contributed by atoms with Crippen LogP contribution in [0, 0.1) is 12.8 Å². The maximum absolute atomic E-state index is 11.1. The van der Waals surface area contributed by atoms with Crippen LogP contribution in [0.15, 0.2) is 36.4 Å². The SMILES string of the molecule is Cc1c(Cl)nc2cc(-c3ccccc3)nn2c1N[C@@H]1C[C@H](COS(N)(=O)=O)[C@@H](O)[C@H]1O. The third-order valence-corrected chi connectivity index (χ3v) is 6.25. The number of aliphatic hydroxyl groups is 2. The second kappa shape index (κ2) is 8.34. The van der Waals surface area contributed by atoms with Gasteiger partial charge in [-0.3, -0.25) is 4.18 Å². The summed E-state index contributed by atoms with van der Waals surface area (Å²) < 4.78 is 28.3. The number of hydrogen-bond acceptors (Lipinski definition) is 8. The molecule has 0 bridgehead atoms. The Bertz CT molecular complexity index is 1200. The number of aromatic nitrogens is 3. The van der Waals surface area contributed by atoms with E-state index in [1.807, 2.05) is 30.3 Å². The molecule has 0 saturated heterocycles. The van der Waals surface area contributed by atoms with Crippen molar-refractivity contribution in [3.8, 4) is 11.3 Å². The number of anilines is 1. The number of aliphatic hydroxyl groups excluding tert-OH is 2. The first-order chi connectivity index (χ1) is 14.6. The summed E-state index contributed by atoms with van der Waals surface area (Å²) in [7, 11) is -4.15. The van der Waals surface area contributed by atoms with Gasteiger partial charge >= 0.3 is 10.3 Å². The molecule has 10 nitrogen and oxygen atoms in total. The molecule has 2 heterocycles. The van der Waals surface area contributed by atoms with E-state index < -0.39 is 34.5 Å². The average Bonchev–Trinajstić information content (AvgIpc) is 3.26. The monoisotopic (exact) mass is 467 g/mol. The summed E-state index contributed by atoms with van der Waals surface area (Å²) in [5.74, 6) is -0.113. The quantitative estimate of drug-likeness (QED) is 0.393. The largest absolute Gasteiger partial charge is 0.390 e. The van der Waals surface area contributed by atoms with Crippen LogP contribution in [0.25, 0.3) is 16.9 Å². The summed E-state index contributed by atoms with van der Waals surface area (Å²) in [6.45, 7) is 1.43. The summed E-state index contributed by atoms with van der Waals surface area (Å²) in [6, 6.07) is 10.8. The molecule has 4 atom stereocenters. The average molecular weight is 468 g/mol. The number of fused-ring (bicyclic) bond motifs is 1. The van der Waals surface area contributed by atoms with Gasteiger partial charge < -0.3 is 15.5 Å². The molecule has 5 N–H and O–H groups in total. The first-order valence-electron chi connectivity index (χ1n) is 9.55. The molecule has 166 valence electrons. The van der Waals surface area contributed by atoms with Crippen LogP contribution in [-0.2, 0) is 14.5 Å². The fraction of sp³-hybridized carbons (Fsp3) is 0.368. The zero-order valence-electron chi connectivity index (χ0n) is 16.5. The molecule has 4 rings (SSSR count). The van der Waals surface area contributed by atoms with Crippen LogP contribution in [-0.4, -0.2) is 58.1 Å². The van der Waals surface area contributed by atoms with E-state index in [0.717, 1.165) is 5.56 Å². The number of hydrogen-bond donors (Lipinski definition) is 4. The lowest BCUT2D eigenvalue weighted by Crippen LogP contribution is -2.36. The molecule has 1 saturated carbocycles. The van der Waals surface area contributed by atoms with E-state index in [1.165, 1.54) is 0 Å². The maximum atomic E-state index is 11.1. The Kier molecular flexibility index (Phi) is 5.90. The molecule has 0 spiro atoms. The standard InChI is InChI=1S/C19H22ClN5O5S/c1-10-18(20)23-15-8-13(11-5-3-2-4-6-11)24-25(15)19(10)22-14-7-12(16(26)17(14)27)9-30-31(21,28)29/h2-6,8,12,14,16-17,22,26-27H,7,9H2,1H3,(H2,21,28,29)/t12-,14-,16-,17+/m1/s1. The minimum Gasteiger partial charge on any atom is -0.390 e. The van der Waals surface area contributed by atoms with Crippen molar-refractivity contribution in [1.29, 1.82) is 0 Å². The molecule has 12 heteroatoms. The van der Waals surface area contributed by atoms with Gasteiger partial charge in [0.2, 0.25) is 0 Å². The highest BCUT2D eigenvalue weighted by Crippen LogP contribution is 2.33. The smallest absolute Gasteiger partial charge is 0.333 e. The number of nitrogens with one attached hydrogen (secondary N) is 1. The highest BCUT2D eigenvalue weighted by molar-refractivity contribution is 7.84. The number of benzene rings is 1. The third kappa shape index (κ3) is 4.52. The van der Waals surface area contributed by atoms with Crippen LogP contribution in [0.5, 0.6) is 0 Å². The Morgan fingerprint density at radius 2 is 2.00 bits per heavy atom. The molecule has 1 aliphatic carbocycles. The van der Waals surface area contributed by atoms with Gasteiger partial charge in [-0.15, -0.1) is 0 Å². The summed E-state index contributed by atoms with van der Waals surface area (Å²) in [5.41, 5.74) is 2.73. The lowest BCUT2D eigenvalue weighted by molar-refractivity contribution is 0.00777. The molecule has 2 aromatic heterocycles. The summed E-state index contributed by atoms with van der Waals surface area (Å²) in [6.07, 6.45) is -2.12. The van der Waals surface area contributed by atoms with Gasteiger partial charge in [-0.1, -0.05) is 41.9 Å². The molecule has 3 aromatic rings. The number of halogens is 1. The van der Waals surface area contributed by atoms with Crippen molar-refractivity contribution in [1.82, 2.24) is 14.6 Å². The zero-order valence-corrected chi connectivity index (χ0v) is 18.1. The fourth-order valence-corrected chi connectivity index (χ4v) is 4.31. The Morgan fingerprint density at radius 3 is 2.68 bits per heavy atom. The highest BCUT2D eigenvalue weighted by Gasteiger charge is 2.42. The van der Waals surface area contributed by atoms with E-state index >= 15 is 0 Å². The second-order valence-electron chi connectivity index (χ2n) is 7.55. The topological polar surface area (TPSA) is 152 Å². The van der Waals surface area contributed by atoms with Crippen molar-refractivity contribution in [3.05, 3.63) is 47.1 Å². The van der Waals surface area contributed by atoms with Crippen LogP contribution >= 0.6 is 11.6 Å². The number of nitrogens with zero attached hydrogens (tertiary/aromatic N) is 3. The summed E-state index contributed by atoms with van der Waals surface area (Å²) in [5, 5.41) is 33.8. The van der Waals surface area contributed by atoms with Crippen LogP contribution in [0.4, 0.5) is 5.82 Å². The molecule has 1 aliphatic rings. The fourth-order valence-electron chi connectivity index (χ4n) is 3.77. The maximum Gasteiger partial charge on any atom is 0.333 e. The van der Waals surface area contributed by atoms with Crippen molar-refractivity contribution < 1.29 is 22.8 Å². The van der Waals surface area contributed by atoms with Crippen molar-refractivity contribution in [2.75, 3.05) is 11.9 Å². The molecule has 31 heavy (non-hydrogen) atoms. The Labute approximate surface area is 183 Å². The van der Waals surface area contributed by atoms with Gasteiger partial charge in [-0.05, 0) is 13.3 Å². The summed E-state index contributed by atoms with van der Waals surface area (Å²) in [4.78, 5) is 4.38. The van der Waals surface area contributed by atoms with Crippen LogP contribution < -0.4 is 10.5 Å². The minimum atomic E-state index is -4.15. The van der Waals surface area contributed by atoms with E-state index in [1.54, 1.807) is 17.5 Å². The zero-order chi connectivity index (χ0) is 22.3. The first-order valence-corrected chi connectivity index (χ1v) is 11.4. The van der Waals surface area contributed by atoms with E-state index in [-0.39, 0.29) is 18.2 Å². The van der Waals surface area contributed by atoms with E-state index in [9.17, 15) is 18.6 Å². The lowest BCUT2D eigenvalue weighted by Gasteiger charge is -2.21. The normalized spacial score (nSPS) is 24.0. The molecule has 1 aromatic carbocycles. The highest BCUT2D eigenvalue weighted by atomic mass is 35.5. The predicted octanol–water partition coefficient (Wildman–Crippen LogP) is 1.10. The molecule has 0 radical (unpaired) electrons. The molecule has 0 amide bonds. The molecular formula is C19H22ClN5O5S. The third-order valence-electron chi connectivity index (χ3n) is 5.42. The number of nitrogens with two attached hydrogens (primary N) is 1. The van der Waals surface area contributed by atoms with Crippen LogP contribution in [0.1, 0.15) is 12.0 Å². The van der Waals surface area contributed by atoms with Gasteiger partial charge in [0.25, 0.3) is 0 Å². The predicted molar refractivity (Wildman–Crippen MR) is 115 cm³/mol. The van der Waals surface area contributed by atoms with E-state index in [2.05, 4.69) is 19.6 Å². The van der Waals surface area contributed by atoms with Gasteiger partial charge in [0.1, 0.15) is 17.1 Å². The molecule has 1 fully saturated rings. The van der Waals surface area contributed by atoms with E-state index in [4.69, 9.17) is 16.7 Å².